The first-order valence-electron chi connectivity index (χ1n) is 8.42. The van der Waals surface area contributed by atoms with Gasteiger partial charge < -0.3 is 4.74 Å². The average Bonchev–Trinajstić information content (AvgIpc) is 2.72. The van der Waals surface area contributed by atoms with Crippen LogP contribution in [0.15, 0.2) is 76.1 Å². The van der Waals surface area contributed by atoms with Crippen LogP contribution >= 0.6 is 27.7 Å². The summed E-state index contributed by atoms with van der Waals surface area (Å²) < 4.78 is 6.07. The zero-order chi connectivity index (χ0) is 19.2. The first-order valence-corrected chi connectivity index (χ1v) is 10.4. The minimum Gasteiger partial charge on any atom is -0.465 e. The van der Waals surface area contributed by atoms with Gasteiger partial charge in [-0.15, -0.1) is 11.8 Å². The van der Waals surface area contributed by atoms with E-state index in [4.69, 9.17) is 4.74 Å². The van der Waals surface area contributed by atoms with E-state index in [0.717, 1.165) is 31.6 Å². The van der Waals surface area contributed by atoms with Crippen LogP contribution in [0.1, 0.15) is 21.5 Å². The van der Waals surface area contributed by atoms with Crippen LogP contribution in [0.25, 0.3) is 23.3 Å². The van der Waals surface area contributed by atoms with E-state index in [-0.39, 0.29) is 5.97 Å². The van der Waals surface area contributed by atoms with Gasteiger partial charge in [0.15, 0.2) is 0 Å². The fourth-order valence-electron chi connectivity index (χ4n) is 2.81. The molecule has 3 aromatic rings. The largest absolute Gasteiger partial charge is 0.465 e. The Hall–Kier alpha value is -2.30. The molecule has 0 amide bonds. The number of hydrogen-bond donors (Lipinski definition) is 0. The summed E-state index contributed by atoms with van der Waals surface area (Å²) >= 11 is 5.02. The highest BCUT2D eigenvalue weighted by Gasteiger charge is 2.17. The molecule has 0 atom stereocenters. The van der Waals surface area contributed by atoms with Gasteiger partial charge in [0.05, 0.1) is 12.7 Å². The minimum atomic E-state index is -0.325. The molecule has 0 aliphatic carbocycles. The van der Waals surface area contributed by atoms with Crippen LogP contribution < -0.4 is 0 Å². The summed E-state index contributed by atoms with van der Waals surface area (Å²) in [5.41, 5.74) is 4.67. The Bertz CT molecular complexity index is 964. The predicted octanol–water partition coefficient (Wildman–Crippen LogP) is 6.80. The Morgan fingerprint density at radius 2 is 1.67 bits per heavy atom. The van der Waals surface area contributed by atoms with E-state index < -0.39 is 0 Å². The molecule has 3 aromatic carbocycles. The van der Waals surface area contributed by atoms with Crippen LogP contribution in [-0.2, 0) is 4.74 Å². The smallest absolute Gasteiger partial charge is 0.339 e. The quantitative estimate of drug-likeness (QED) is 0.249. The molecule has 4 heteroatoms. The van der Waals surface area contributed by atoms with Gasteiger partial charge >= 0.3 is 5.97 Å². The number of methoxy groups -OCH3 is 1. The first kappa shape index (κ1) is 19.5. The highest BCUT2D eigenvalue weighted by atomic mass is 79.9. The molecule has 0 spiro atoms. The molecule has 0 unspecified atom stereocenters. The second-order valence-corrected chi connectivity index (χ2v) is 7.65. The van der Waals surface area contributed by atoms with E-state index in [0.29, 0.717) is 5.56 Å². The minimum absolute atomic E-state index is 0.325. The lowest BCUT2D eigenvalue weighted by molar-refractivity contribution is 0.0596. The maximum Gasteiger partial charge on any atom is 0.339 e. The van der Waals surface area contributed by atoms with Crippen molar-refractivity contribution in [1.82, 2.24) is 0 Å². The third-order valence-electron chi connectivity index (χ3n) is 4.17. The molecule has 2 nitrogen and oxygen atoms in total. The molecule has 0 fully saturated rings. The molecule has 0 radical (unpaired) electrons. The second kappa shape index (κ2) is 9.07. The fraction of sp³-hybridized carbons (Fsp3) is 0.0870. The van der Waals surface area contributed by atoms with Crippen molar-refractivity contribution in [3.8, 4) is 11.1 Å². The normalized spacial score (nSPS) is 10.9. The number of benzene rings is 3. The maximum absolute atomic E-state index is 12.4. The Morgan fingerprint density at radius 1 is 0.963 bits per heavy atom. The van der Waals surface area contributed by atoms with E-state index in [9.17, 15) is 4.79 Å². The molecule has 136 valence electrons. The molecular weight excluding hydrogens is 420 g/mol. The zero-order valence-corrected chi connectivity index (χ0v) is 17.5. The van der Waals surface area contributed by atoms with Crippen molar-refractivity contribution in [2.24, 2.45) is 0 Å². The molecule has 27 heavy (non-hydrogen) atoms. The van der Waals surface area contributed by atoms with Gasteiger partial charge in [0.2, 0.25) is 0 Å². The highest BCUT2D eigenvalue weighted by molar-refractivity contribution is 9.10. The number of halogens is 1. The second-order valence-electron chi connectivity index (χ2n) is 5.89. The van der Waals surface area contributed by atoms with Crippen LogP contribution in [0.3, 0.4) is 0 Å². The van der Waals surface area contributed by atoms with Crippen LogP contribution in [0.4, 0.5) is 0 Å². The molecule has 0 heterocycles. The van der Waals surface area contributed by atoms with Crippen molar-refractivity contribution in [2.45, 2.75) is 4.90 Å². The molecule has 0 saturated heterocycles. The predicted molar refractivity (Wildman–Crippen MR) is 118 cm³/mol. The molecule has 0 saturated carbocycles. The van der Waals surface area contributed by atoms with Crippen molar-refractivity contribution in [1.29, 1.82) is 0 Å². The number of esters is 1. The fourth-order valence-corrected chi connectivity index (χ4v) is 3.72. The maximum atomic E-state index is 12.4. The van der Waals surface area contributed by atoms with Gasteiger partial charge in [0.1, 0.15) is 0 Å². The molecule has 0 N–H and O–H groups in total. The van der Waals surface area contributed by atoms with Gasteiger partial charge in [-0.3, -0.25) is 0 Å². The summed E-state index contributed by atoms with van der Waals surface area (Å²) in [7, 11) is 1.42. The Labute approximate surface area is 172 Å². The van der Waals surface area contributed by atoms with Crippen molar-refractivity contribution >= 4 is 45.8 Å². The summed E-state index contributed by atoms with van der Waals surface area (Å²) in [5.74, 6) is -0.325. The lowest BCUT2D eigenvalue weighted by Crippen LogP contribution is -2.06. The summed E-state index contributed by atoms with van der Waals surface area (Å²) in [6.07, 6.45) is 5.96. The standard InChI is InChI=1S/C23H19BrO2S/c1-26-23(25)22-18(9-8-16-6-4-3-5-7-16)14-19(15-21(22)27-2)17-10-12-20(24)13-11-17/h3-15H,1-2H3/b9-8+. The van der Waals surface area contributed by atoms with Crippen LogP contribution in [-0.4, -0.2) is 19.3 Å². The van der Waals surface area contributed by atoms with E-state index in [1.807, 2.05) is 73.0 Å². The average molecular weight is 439 g/mol. The Balaban J connectivity index is 2.14. The summed E-state index contributed by atoms with van der Waals surface area (Å²) in [6, 6.07) is 22.3. The Morgan fingerprint density at radius 3 is 2.30 bits per heavy atom. The number of hydrogen-bond acceptors (Lipinski definition) is 3. The van der Waals surface area contributed by atoms with Crippen LogP contribution in [0.5, 0.6) is 0 Å². The van der Waals surface area contributed by atoms with Crippen molar-refractivity contribution in [2.75, 3.05) is 13.4 Å². The lowest BCUT2D eigenvalue weighted by Gasteiger charge is -2.13. The molecule has 0 aliphatic rings. The number of carbonyl (C=O) groups is 1. The van der Waals surface area contributed by atoms with Gasteiger partial charge in [-0.1, -0.05) is 70.5 Å². The van der Waals surface area contributed by atoms with E-state index in [1.165, 1.54) is 7.11 Å². The molecule has 0 bridgehead atoms. The number of ether oxygens (including phenoxy) is 1. The van der Waals surface area contributed by atoms with Crippen LogP contribution in [0.2, 0.25) is 0 Å². The van der Waals surface area contributed by atoms with Gasteiger partial charge in [0.25, 0.3) is 0 Å². The van der Waals surface area contributed by atoms with E-state index in [1.54, 1.807) is 11.8 Å². The van der Waals surface area contributed by atoms with Crippen molar-refractivity contribution in [3.63, 3.8) is 0 Å². The molecule has 0 aromatic heterocycles. The lowest BCUT2D eigenvalue weighted by atomic mass is 9.98. The number of carbonyl (C=O) groups excluding carboxylic acids is 1. The molecule has 0 aliphatic heterocycles. The van der Waals surface area contributed by atoms with E-state index >= 15 is 0 Å². The summed E-state index contributed by atoms with van der Waals surface area (Å²) in [5, 5.41) is 0. The monoisotopic (exact) mass is 438 g/mol. The van der Waals surface area contributed by atoms with E-state index in [2.05, 4.69) is 28.1 Å². The Kier molecular flexibility index (Phi) is 6.54. The first-order chi connectivity index (χ1) is 13.1. The molecule has 3 rings (SSSR count). The van der Waals surface area contributed by atoms with Crippen LogP contribution in [0, 0.1) is 0 Å². The summed E-state index contributed by atoms with van der Waals surface area (Å²) in [6.45, 7) is 0. The van der Waals surface area contributed by atoms with Crippen molar-refractivity contribution in [3.05, 3.63) is 87.9 Å². The number of thioether (sulfide) groups is 1. The topological polar surface area (TPSA) is 26.3 Å². The third-order valence-corrected chi connectivity index (χ3v) is 5.47. The van der Waals surface area contributed by atoms with Crippen molar-refractivity contribution < 1.29 is 9.53 Å². The van der Waals surface area contributed by atoms with Gasteiger partial charge in [0, 0.05) is 9.37 Å². The zero-order valence-electron chi connectivity index (χ0n) is 15.1. The van der Waals surface area contributed by atoms with Gasteiger partial charge in [-0.25, -0.2) is 4.79 Å². The number of rotatable bonds is 5. The highest BCUT2D eigenvalue weighted by Crippen LogP contribution is 2.33. The van der Waals surface area contributed by atoms with Gasteiger partial charge in [-0.2, -0.15) is 0 Å². The van der Waals surface area contributed by atoms with Gasteiger partial charge in [-0.05, 0) is 52.8 Å². The molecular formula is C23H19BrO2S. The summed E-state index contributed by atoms with van der Waals surface area (Å²) in [4.78, 5) is 13.3. The SMILES string of the molecule is COC(=O)c1c(/C=C/c2ccccc2)cc(-c2ccc(Br)cc2)cc1SC. The third kappa shape index (κ3) is 4.71.